The molecule has 13 nitrogen and oxygen atoms in total. The molecule has 1 fully saturated rings. The molecule has 0 saturated carbocycles. The van der Waals surface area contributed by atoms with Gasteiger partial charge in [-0.05, 0) is 70.4 Å². The van der Waals surface area contributed by atoms with Gasteiger partial charge in [0.2, 0.25) is 0 Å². The number of rotatable bonds is 11. The number of carboxylic acid groups (broad SMARTS) is 1. The Hall–Kier alpha value is -4.65. The Balaban J connectivity index is 0.000000361. The van der Waals surface area contributed by atoms with Gasteiger partial charge in [0.1, 0.15) is 24.5 Å². The first-order valence-electron chi connectivity index (χ1n) is 15.5. The Morgan fingerprint density at radius 2 is 1.45 bits per heavy atom. The van der Waals surface area contributed by atoms with Crippen molar-refractivity contribution < 1.29 is 48.0 Å². The lowest BCUT2D eigenvalue weighted by Gasteiger charge is -2.30. The largest absolute Gasteiger partial charge is 0.478 e. The van der Waals surface area contributed by atoms with Gasteiger partial charge in [-0.15, -0.1) is 0 Å². The van der Waals surface area contributed by atoms with Crippen molar-refractivity contribution in [3.05, 3.63) is 65.7 Å². The summed E-state index contributed by atoms with van der Waals surface area (Å²) in [4.78, 5) is 56.9. The standard InChI is InChI=1S/C16H23NO2.C9H18N2O4.C9H8O4/c1-3-19-15(18)16(14-8-5-4-6-9-14)10-7-12-17(2)13-11-16;1-3-4-9(2,5-14-7(10)12)6-15-8(11)13;1-6(10)13-8-5-3-2-4-7(8)9(11)12/h4-6,8-9H,3,7,10-13H2,1-2H3;3-6H2,1-2H3,(H2,10,12)(H2,11,13);2-5H,1H3,(H,11,12). The Morgan fingerprint density at radius 3 is 1.96 bits per heavy atom. The van der Waals surface area contributed by atoms with Gasteiger partial charge in [0.25, 0.3) is 0 Å². The van der Waals surface area contributed by atoms with E-state index in [9.17, 15) is 24.0 Å². The van der Waals surface area contributed by atoms with Gasteiger partial charge < -0.3 is 40.4 Å². The van der Waals surface area contributed by atoms with Gasteiger partial charge in [0, 0.05) is 12.3 Å². The first-order valence-corrected chi connectivity index (χ1v) is 15.5. The third kappa shape index (κ3) is 14.5. The fourth-order valence-electron chi connectivity index (χ4n) is 5.07. The molecule has 13 heteroatoms. The molecule has 0 aliphatic carbocycles. The third-order valence-electron chi connectivity index (χ3n) is 7.41. The molecular formula is C34H49N3O10. The van der Waals surface area contributed by atoms with E-state index >= 15 is 0 Å². The molecule has 2 aromatic rings. The van der Waals surface area contributed by atoms with E-state index in [0.717, 1.165) is 50.8 Å². The van der Waals surface area contributed by atoms with Crippen molar-refractivity contribution in [2.45, 2.75) is 65.2 Å². The topological polar surface area (TPSA) is 198 Å². The number of aromatic carboxylic acids is 1. The summed E-state index contributed by atoms with van der Waals surface area (Å²) in [6.45, 7) is 9.57. The van der Waals surface area contributed by atoms with Gasteiger partial charge in [0.05, 0.1) is 12.0 Å². The first-order chi connectivity index (χ1) is 22.2. The lowest BCUT2D eigenvalue weighted by molar-refractivity contribution is -0.150. The van der Waals surface area contributed by atoms with E-state index < -0.39 is 35.0 Å². The van der Waals surface area contributed by atoms with Crippen LogP contribution in [0.3, 0.4) is 0 Å². The number of hydrogen-bond donors (Lipinski definition) is 3. The van der Waals surface area contributed by atoms with Crippen molar-refractivity contribution >= 4 is 30.1 Å². The summed E-state index contributed by atoms with van der Waals surface area (Å²) in [5.74, 6) is -1.63. The van der Waals surface area contributed by atoms with Gasteiger partial charge in [-0.3, -0.25) is 9.59 Å². The molecule has 1 atom stereocenters. The van der Waals surface area contributed by atoms with E-state index in [2.05, 4.69) is 28.8 Å². The highest BCUT2D eigenvalue weighted by Crippen LogP contribution is 2.36. The Bertz CT molecular complexity index is 1290. The van der Waals surface area contributed by atoms with E-state index in [-0.39, 0.29) is 30.5 Å². The van der Waals surface area contributed by atoms with E-state index in [4.69, 9.17) is 30.8 Å². The van der Waals surface area contributed by atoms with Crippen molar-refractivity contribution in [2.75, 3.05) is 40.0 Å². The summed E-state index contributed by atoms with van der Waals surface area (Å²) < 4.78 is 19.5. The van der Waals surface area contributed by atoms with Crippen LogP contribution in [0.5, 0.6) is 5.75 Å². The number of benzene rings is 2. The molecule has 1 aliphatic rings. The number of carbonyl (C=O) groups excluding carboxylic acids is 4. The normalized spacial score (nSPS) is 16.0. The maximum atomic E-state index is 12.5. The molecule has 260 valence electrons. The highest BCUT2D eigenvalue weighted by atomic mass is 16.6. The second kappa shape index (κ2) is 20.5. The summed E-state index contributed by atoms with van der Waals surface area (Å²) >= 11 is 0. The molecule has 47 heavy (non-hydrogen) atoms. The summed E-state index contributed by atoms with van der Waals surface area (Å²) in [7, 11) is 2.12. The van der Waals surface area contributed by atoms with E-state index in [0.29, 0.717) is 6.61 Å². The molecule has 0 spiro atoms. The number of ether oxygens (including phenoxy) is 4. The van der Waals surface area contributed by atoms with Crippen LogP contribution in [0.2, 0.25) is 0 Å². The molecule has 0 radical (unpaired) electrons. The smallest absolute Gasteiger partial charge is 0.404 e. The van der Waals surface area contributed by atoms with Crippen LogP contribution in [0.25, 0.3) is 0 Å². The predicted octanol–water partition coefficient (Wildman–Crippen LogP) is 4.90. The molecular weight excluding hydrogens is 610 g/mol. The number of nitrogens with zero attached hydrogens (tertiary/aromatic N) is 1. The number of para-hydroxylation sites is 1. The molecule has 0 bridgehead atoms. The van der Waals surface area contributed by atoms with Crippen LogP contribution in [0.15, 0.2) is 54.6 Å². The van der Waals surface area contributed by atoms with E-state index in [1.165, 1.54) is 19.1 Å². The molecule has 1 saturated heterocycles. The molecule has 2 amide bonds. The minimum absolute atomic E-state index is 0.0160. The molecule has 2 aromatic carbocycles. The number of nitrogens with two attached hydrogens (primary N) is 2. The van der Waals surface area contributed by atoms with Crippen LogP contribution >= 0.6 is 0 Å². The fourth-order valence-corrected chi connectivity index (χ4v) is 5.07. The zero-order valence-electron chi connectivity index (χ0n) is 28.0. The fraction of sp³-hybridized carbons (Fsp3) is 0.500. The van der Waals surface area contributed by atoms with Crippen LogP contribution in [0.4, 0.5) is 9.59 Å². The number of likely N-dealkylation sites (tertiary alicyclic amines) is 1. The van der Waals surface area contributed by atoms with Crippen molar-refractivity contribution in [2.24, 2.45) is 16.9 Å². The van der Waals surface area contributed by atoms with Gasteiger partial charge in [0.15, 0.2) is 0 Å². The van der Waals surface area contributed by atoms with E-state index in [1.807, 2.05) is 39.0 Å². The van der Waals surface area contributed by atoms with Crippen molar-refractivity contribution in [3.8, 4) is 5.75 Å². The molecule has 0 aromatic heterocycles. The molecule has 3 rings (SSSR count). The van der Waals surface area contributed by atoms with E-state index in [1.54, 1.807) is 12.1 Å². The summed E-state index contributed by atoms with van der Waals surface area (Å²) in [5, 5.41) is 8.69. The van der Waals surface area contributed by atoms with Gasteiger partial charge >= 0.3 is 30.1 Å². The van der Waals surface area contributed by atoms with Crippen molar-refractivity contribution in [1.82, 2.24) is 4.90 Å². The maximum absolute atomic E-state index is 12.5. The highest BCUT2D eigenvalue weighted by molar-refractivity contribution is 5.91. The Morgan fingerprint density at radius 1 is 0.872 bits per heavy atom. The first kappa shape index (κ1) is 40.4. The highest BCUT2D eigenvalue weighted by Gasteiger charge is 2.42. The molecule has 5 N–H and O–H groups in total. The average Bonchev–Trinajstić information content (AvgIpc) is 3.22. The maximum Gasteiger partial charge on any atom is 0.404 e. The second-order valence-corrected chi connectivity index (χ2v) is 11.5. The quantitative estimate of drug-likeness (QED) is 0.169. The van der Waals surface area contributed by atoms with Crippen LogP contribution < -0.4 is 16.2 Å². The summed E-state index contributed by atoms with van der Waals surface area (Å²) in [6, 6.07) is 16.1. The van der Waals surface area contributed by atoms with Crippen molar-refractivity contribution in [1.29, 1.82) is 0 Å². The monoisotopic (exact) mass is 659 g/mol. The Labute approximate surface area is 276 Å². The zero-order chi connectivity index (χ0) is 35.5. The SMILES string of the molecule is CC(=O)Oc1ccccc1C(=O)O.CCCC(C)(COC(N)=O)COC(N)=O.CCOC(=O)C1(c2ccccc2)CCCN(C)CC1. The van der Waals surface area contributed by atoms with Crippen LogP contribution in [0, 0.1) is 5.41 Å². The predicted molar refractivity (Wildman–Crippen MR) is 175 cm³/mol. The van der Waals surface area contributed by atoms with Crippen LogP contribution in [0.1, 0.15) is 75.7 Å². The molecule has 1 aliphatic heterocycles. The summed E-state index contributed by atoms with van der Waals surface area (Å²) in [5.41, 5.74) is 9.91. The summed E-state index contributed by atoms with van der Waals surface area (Å²) in [6.07, 6.45) is 2.69. The minimum atomic E-state index is -1.11. The lowest BCUT2D eigenvalue weighted by atomic mass is 9.74. The van der Waals surface area contributed by atoms with Crippen LogP contribution in [-0.4, -0.2) is 80.1 Å². The lowest BCUT2D eigenvalue weighted by Crippen LogP contribution is -2.38. The number of hydrogen-bond acceptors (Lipinski definition) is 10. The third-order valence-corrected chi connectivity index (χ3v) is 7.41. The van der Waals surface area contributed by atoms with Gasteiger partial charge in [-0.2, -0.15) is 0 Å². The average molecular weight is 660 g/mol. The number of amides is 2. The van der Waals surface area contributed by atoms with Gasteiger partial charge in [-0.25, -0.2) is 14.4 Å². The van der Waals surface area contributed by atoms with Gasteiger partial charge in [-0.1, -0.05) is 62.7 Å². The number of carbonyl (C=O) groups is 5. The van der Waals surface area contributed by atoms with Crippen molar-refractivity contribution in [3.63, 3.8) is 0 Å². The second-order valence-electron chi connectivity index (χ2n) is 11.5. The number of primary amides is 2. The zero-order valence-corrected chi connectivity index (χ0v) is 28.0. The molecule has 1 unspecified atom stereocenters. The number of carboxylic acids is 1. The number of esters is 2. The Kier molecular flexibility index (Phi) is 17.6. The minimum Gasteiger partial charge on any atom is -0.478 e. The van der Waals surface area contributed by atoms with Crippen LogP contribution in [-0.2, 0) is 29.2 Å². The molecule has 1 heterocycles.